The minimum absolute atomic E-state index is 0.310. The molecule has 0 N–H and O–H groups in total. The summed E-state index contributed by atoms with van der Waals surface area (Å²) in [5, 5.41) is 0. The van der Waals surface area contributed by atoms with Crippen molar-refractivity contribution in [1.29, 1.82) is 0 Å². The van der Waals surface area contributed by atoms with E-state index in [0.717, 1.165) is 16.7 Å². The van der Waals surface area contributed by atoms with Gasteiger partial charge in [0.15, 0.2) is 0 Å². The summed E-state index contributed by atoms with van der Waals surface area (Å²) in [7, 11) is 0. The zero-order valence-electron chi connectivity index (χ0n) is 13.4. The van der Waals surface area contributed by atoms with Gasteiger partial charge in [-0.1, -0.05) is 54.6 Å². The molecule has 0 saturated carbocycles. The zero-order chi connectivity index (χ0) is 15.6. The fourth-order valence-electron chi connectivity index (χ4n) is 2.05. The molecule has 2 aromatic carbocycles. The molecule has 1 nitrogen and oxygen atoms in total. The number of hydrogen-bond donors (Lipinski definition) is 0. The third-order valence-electron chi connectivity index (χ3n) is 3.05. The number of benzene rings is 2. The lowest BCUT2D eigenvalue weighted by Crippen LogP contribution is -1.84. The molecule has 3 aromatic rings. The highest BCUT2D eigenvalue weighted by Crippen LogP contribution is 2.23. The van der Waals surface area contributed by atoms with Crippen LogP contribution in [0.25, 0.3) is 22.4 Å². The van der Waals surface area contributed by atoms with Gasteiger partial charge in [-0.3, -0.25) is 4.98 Å². The Labute approximate surface area is 117 Å². The molecule has 0 radical (unpaired) electrons. The van der Waals surface area contributed by atoms with Crippen LogP contribution in [0.3, 0.4) is 0 Å². The minimum atomic E-state index is -2.11. The van der Waals surface area contributed by atoms with E-state index in [1.54, 1.807) is 12.3 Å². The summed E-state index contributed by atoms with van der Waals surface area (Å²) < 4.78 is 22.5. The minimum Gasteiger partial charge on any atom is -0.256 e. The molecule has 0 aliphatic carbocycles. The molecule has 1 heterocycles. The van der Waals surface area contributed by atoms with E-state index < -0.39 is 6.85 Å². The molecule has 92 valence electrons. The maximum absolute atomic E-state index is 7.48. The number of aromatic nitrogens is 1. The Morgan fingerprint density at radius 2 is 1.47 bits per heavy atom. The first-order chi connectivity index (χ1) is 10.5. The zero-order valence-corrected chi connectivity index (χ0v) is 10.4. The first-order valence-corrected chi connectivity index (χ1v) is 6.16. The summed E-state index contributed by atoms with van der Waals surface area (Å²) in [6.07, 6.45) is 1.54. The Morgan fingerprint density at radius 1 is 0.789 bits per heavy atom. The molecule has 0 bridgehead atoms. The summed E-state index contributed by atoms with van der Waals surface area (Å²) in [5.41, 5.74) is 4.17. The molecular weight excluding hydrogens is 230 g/mol. The number of hydrogen-bond acceptors (Lipinski definition) is 1. The SMILES string of the molecule is [2H]C([2H])([2H])c1ccnc(-c2ccc(-c3ccccc3)cc2)c1. The largest absolute Gasteiger partial charge is 0.256 e. The Bertz CT molecular complexity index is 762. The molecule has 0 atom stereocenters. The van der Waals surface area contributed by atoms with Crippen LogP contribution in [0, 0.1) is 6.85 Å². The van der Waals surface area contributed by atoms with E-state index in [4.69, 9.17) is 4.11 Å². The lowest BCUT2D eigenvalue weighted by atomic mass is 10.0. The second-order valence-electron chi connectivity index (χ2n) is 4.37. The van der Waals surface area contributed by atoms with Crippen molar-refractivity contribution in [3.63, 3.8) is 0 Å². The molecule has 19 heavy (non-hydrogen) atoms. The van der Waals surface area contributed by atoms with Crippen molar-refractivity contribution in [3.05, 3.63) is 78.5 Å². The van der Waals surface area contributed by atoms with Crippen molar-refractivity contribution in [2.24, 2.45) is 0 Å². The van der Waals surface area contributed by atoms with Gasteiger partial charge in [0.25, 0.3) is 0 Å². The summed E-state index contributed by atoms with van der Waals surface area (Å²) in [4.78, 5) is 4.28. The van der Waals surface area contributed by atoms with Crippen LogP contribution in [0.4, 0.5) is 0 Å². The Balaban J connectivity index is 1.94. The number of rotatable bonds is 2. The maximum Gasteiger partial charge on any atom is 0.0704 e. The third-order valence-corrected chi connectivity index (χ3v) is 3.05. The molecule has 1 aromatic heterocycles. The van der Waals surface area contributed by atoms with Crippen molar-refractivity contribution >= 4 is 0 Å². The molecular formula is C18H15N. The van der Waals surface area contributed by atoms with E-state index in [9.17, 15) is 0 Å². The predicted octanol–water partition coefficient (Wildman–Crippen LogP) is 4.72. The molecule has 0 aliphatic heterocycles. The van der Waals surface area contributed by atoms with Crippen molar-refractivity contribution < 1.29 is 4.11 Å². The Kier molecular flexibility index (Phi) is 2.31. The van der Waals surface area contributed by atoms with E-state index in [2.05, 4.69) is 17.1 Å². The van der Waals surface area contributed by atoms with Crippen LogP contribution in [-0.4, -0.2) is 4.98 Å². The van der Waals surface area contributed by atoms with Crippen LogP contribution in [0.1, 0.15) is 9.68 Å². The molecule has 0 amide bonds. The summed E-state index contributed by atoms with van der Waals surface area (Å²) in [6, 6.07) is 21.3. The van der Waals surface area contributed by atoms with E-state index >= 15 is 0 Å². The lowest BCUT2D eigenvalue weighted by molar-refractivity contribution is 1.29. The highest BCUT2D eigenvalue weighted by Gasteiger charge is 2.01. The van der Waals surface area contributed by atoms with Crippen LogP contribution in [0.5, 0.6) is 0 Å². The average molecular weight is 248 g/mol. The molecule has 0 unspecified atom stereocenters. The van der Waals surface area contributed by atoms with Crippen LogP contribution in [-0.2, 0) is 0 Å². The van der Waals surface area contributed by atoms with Crippen LogP contribution >= 0.6 is 0 Å². The summed E-state index contributed by atoms with van der Waals surface area (Å²) >= 11 is 0. The molecule has 1 heteroatoms. The monoisotopic (exact) mass is 248 g/mol. The van der Waals surface area contributed by atoms with Crippen LogP contribution in [0.15, 0.2) is 72.9 Å². The summed E-state index contributed by atoms with van der Waals surface area (Å²) in [6.45, 7) is -2.11. The van der Waals surface area contributed by atoms with Gasteiger partial charge in [-0.25, -0.2) is 0 Å². The lowest BCUT2D eigenvalue weighted by Gasteiger charge is -2.05. The van der Waals surface area contributed by atoms with Gasteiger partial charge in [-0.15, -0.1) is 0 Å². The summed E-state index contributed by atoms with van der Waals surface area (Å²) in [5.74, 6) is 0. The van der Waals surface area contributed by atoms with Crippen molar-refractivity contribution in [2.75, 3.05) is 0 Å². The first kappa shape index (κ1) is 8.65. The average Bonchev–Trinajstić information content (AvgIpc) is 2.55. The van der Waals surface area contributed by atoms with E-state index in [1.165, 1.54) is 6.07 Å². The smallest absolute Gasteiger partial charge is 0.0704 e. The topological polar surface area (TPSA) is 12.9 Å². The standard InChI is InChI=1S/C18H15N/c1-14-11-12-19-18(13-14)17-9-7-16(8-10-17)15-5-3-2-4-6-15/h2-13H,1H3/i1D3. The number of nitrogens with zero attached hydrogens (tertiary/aromatic N) is 1. The molecule has 3 rings (SSSR count). The van der Waals surface area contributed by atoms with Crippen molar-refractivity contribution in [2.45, 2.75) is 6.85 Å². The highest BCUT2D eigenvalue weighted by atomic mass is 14.7. The fourth-order valence-corrected chi connectivity index (χ4v) is 2.05. The number of aryl methyl sites for hydroxylation is 1. The van der Waals surface area contributed by atoms with Gasteiger partial charge < -0.3 is 0 Å². The van der Waals surface area contributed by atoms with Gasteiger partial charge in [0.1, 0.15) is 0 Å². The fraction of sp³-hybridized carbons (Fsp3) is 0.0556. The predicted molar refractivity (Wildman–Crippen MR) is 79.8 cm³/mol. The van der Waals surface area contributed by atoms with Crippen LogP contribution < -0.4 is 0 Å². The van der Waals surface area contributed by atoms with Gasteiger partial charge in [0.2, 0.25) is 0 Å². The third kappa shape index (κ3) is 2.55. The van der Waals surface area contributed by atoms with Gasteiger partial charge in [-0.05, 0) is 35.7 Å². The molecule has 0 saturated heterocycles. The van der Waals surface area contributed by atoms with E-state index in [1.807, 2.05) is 42.5 Å². The highest BCUT2D eigenvalue weighted by molar-refractivity contribution is 5.68. The van der Waals surface area contributed by atoms with Crippen LogP contribution in [0.2, 0.25) is 0 Å². The first-order valence-electron chi connectivity index (χ1n) is 7.66. The van der Waals surface area contributed by atoms with Crippen molar-refractivity contribution in [3.8, 4) is 22.4 Å². The second kappa shape index (κ2) is 5.07. The van der Waals surface area contributed by atoms with E-state index in [0.29, 0.717) is 11.3 Å². The Morgan fingerprint density at radius 3 is 2.21 bits per heavy atom. The van der Waals surface area contributed by atoms with Gasteiger partial charge in [0.05, 0.1) is 5.69 Å². The Hall–Kier alpha value is -2.41. The molecule has 0 fully saturated rings. The normalized spacial score (nSPS) is 13.4. The van der Waals surface area contributed by atoms with Gasteiger partial charge in [-0.2, -0.15) is 0 Å². The van der Waals surface area contributed by atoms with Gasteiger partial charge >= 0.3 is 0 Å². The second-order valence-corrected chi connectivity index (χ2v) is 4.37. The maximum atomic E-state index is 7.48. The number of pyridine rings is 1. The quantitative estimate of drug-likeness (QED) is 0.639. The molecule has 0 aliphatic rings. The molecule has 0 spiro atoms. The van der Waals surface area contributed by atoms with E-state index in [-0.39, 0.29) is 0 Å². The van der Waals surface area contributed by atoms with Crippen molar-refractivity contribution in [1.82, 2.24) is 4.98 Å². The van der Waals surface area contributed by atoms with Gasteiger partial charge in [0, 0.05) is 15.9 Å².